The number of amides is 2. The summed E-state index contributed by atoms with van der Waals surface area (Å²) >= 11 is 0. The van der Waals surface area contributed by atoms with Crippen LogP contribution in [0.3, 0.4) is 0 Å². The molecule has 6 heteroatoms. The summed E-state index contributed by atoms with van der Waals surface area (Å²) in [5.74, 6) is 0.206. The lowest BCUT2D eigenvalue weighted by molar-refractivity contribution is -0.181. The number of ether oxygens (including phenoxy) is 2. The average molecular weight is 341 g/mol. The third-order valence-corrected chi connectivity index (χ3v) is 5.19. The Balaban J connectivity index is 1.80. The van der Waals surface area contributed by atoms with Gasteiger partial charge in [-0.3, -0.25) is 4.90 Å². The van der Waals surface area contributed by atoms with Crippen molar-refractivity contribution in [2.75, 3.05) is 45.9 Å². The first-order valence-corrected chi connectivity index (χ1v) is 9.54. The number of carbonyl (C=O) groups is 1. The molecule has 0 radical (unpaired) electrons. The molecule has 0 unspecified atom stereocenters. The van der Waals surface area contributed by atoms with Gasteiger partial charge in [0.05, 0.1) is 13.2 Å². The van der Waals surface area contributed by atoms with Crippen molar-refractivity contribution in [2.45, 2.75) is 58.8 Å². The third kappa shape index (κ3) is 5.07. The van der Waals surface area contributed by atoms with E-state index in [1.54, 1.807) is 0 Å². The molecule has 140 valence electrons. The second-order valence-corrected chi connectivity index (χ2v) is 7.29. The number of urea groups is 1. The van der Waals surface area contributed by atoms with Crippen LogP contribution in [0.5, 0.6) is 0 Å². The summed E-state index contributed by atoms with van der Waals surface area (Å²) in [6.07, 6.45) is 2.64. The van der Waals surface area contributed by atoms with Gasteiger partial charge in [-0.1, -0.05) is 27.7 Å². The van der Waals surface area contributed by atoms with Crippen LogP contribution in [-0.4, -0.2) is 73.6 Å². The van der Waals surface area contributed by atoms with Crippen LogP contribution in [0.15, 0.2) is 0 Å². The predicted molar refractivity (Wildman–Crippen MR) is 95.0 cm³/mol. The normalized spacial score (nSPS) is 21.7. The van der Waals surface area contributed by atoms with E-state index >= 15 is 0 Å². The quantitative estimate of drug-likeness (QED) is 0.772. The van der Waals surface area contributed by atoms with Gasteiger partial charge in [0.15, 0.2) is 5.79 Å². The van der Waals surface area contributed by atoms with E-state index in [9.17, 15) is 4.79 Å². The monoisotopic (exact) mass is 341 g/mol. The summed E-state index contributed by atoms with van der Waals surface area (Å²) < 4.78 is 11.4. The molecule has 1 spiro atoms. The van der Waals surface area contributed by atoms with Crippen molar-refractivity contribution in [1.29, 1.82) is 0 Å². The maximum absolute atomic E-state index is 12.5. The van der Waals surface area contributed by atoms with Crippen molar-refractivity contribution in [1.82, 2.24) is 15.1 Å². The van der Waals surface area contributed by atoms with Gasteiger partial charge in [-0.05, 0) is 25.4 Å². The minimum Gasteiger partial charge on any atom is -0.347 e. The number of nitrogens with zero attached hydrogens (tertiary/aromatic N) is 2. The summed E-state index contributed by atoms with van der Waals surface area (Å²) in [6, 6.07) is 0.449. The minimum atomic E-state index is -0.418. The number of hydrogen-bond acceptors (Lipinski definition) is 4. The van der Waals surface area contributed by atoms with Gasteiger partial charge in [0, 0.05) is 38.5 Å². The topological polar surface area (TPSA) is 54.0 Å². The molecule has 1 atom stereocenters. The molecule has 2 aliphatic rings. The molecule has 1 N–H and O–H groups in total. The fourth-order valence-corrected chi connectivity index (χ4v) is 3.80. The maximum atomic E-state index is 12.5. The zero-order valence-corrected chi connectivity index (χ0v) is 15.8. The number of likely N-dealkylation sites (N-methyl/N-ethyl adjacent to an activating group) is 1. The van der Waals surface area contributed by atoms with Gasteiger partial charge in [0.25, 0.3) is 0 Å². The molecule has 2 amide bonds. The fraction of sp³-hybridized carbons (Fsp3) is 0.944. The Bertz CT molecular complexity index is 383. The van der Waals surface area contributed by atoms with E-state index < -0.39 is 5.79 Å². The highest BCUT2D eigenvalue weighted by atomic mass is 16.7. The standard InChI is InChI=1S/C18H35N3O3/c1-5-20(6-2)16(13-15(3)4)14-19-17(22)21-9-7-18(8-10-21)23-11-12-24-18/h15-16H,5-14H2,1-4H3,(H,19,22)/t16-/m1/s1. The molecule has 0 aromatic rings. The van der Waals surface area contributed by atoms with Gasteiger partial charge in [-0.25, -0.2) is 4.79 Å². The first-order valence-electron chi connectivity index (χ1n) is 9.54. The molecule has 6 nitrogen and oxygen atoms in total. The highest BCUT2D eigenvalue weighted by molar-refractivity contribution is 5.74. The molecule has 2 saturated heterocycles. The highest BCUT2D eigenvalue weighted by Crippen LogP contribution is 2.31. The van der Waals surface area contributed by atoms with Crippen molar-refractivity contribution < 1.29 is 14.3 Å². The molecule has 0 bridgehead atoms. The van der Waals surface area contributed by atoms with Gasteiger partial charge >= 0.3 is 6.03 Å². The molecule has 2 rings (SSSR count). The number of carbonyl (C=O) groups excluding carboxylic acids is 1. The van der Waals surface area contributed by atoms with Crippen molar-refractivity contribution in [2.24, 2.45) is 5.92 Å². The molecular formula is C18H35N3O3. The highest BCUT2D eigenvalue weighted by Gasteiger charge is 2.40. The van der Waals surface area contributed by atoms with Crippen LogP contribution < -0.4 is 5.32 Å². The molecule has 0 saturated carbocycles. The third-order valence-electron chi connectivity index (χ3n) is 5.19. The van der Waals surface area contributed by atoms with Crippen molar-refractivity contribution in [3.8, 4) is 0 Å². The number of nitrogens with one attached hydrogen (secondary N) is 1. The summed E-state index contributed by atoms with van der Waals surface area (Å²) in [6.45, 7) is 14.4. The predicted octanol–water partition coefficient (Wildman–Crippen LogP) is 2.29. The second-order valence-electron chi connectivity index (χ2n) is 7.29. The molecule has 0 aliphatic carbocycles. The number of hydrogen-bond donors (Lipinski definition) is 1. The van der Waals surface area contributed by atoms with E-state index in [-0.39, 0.29) is 6.03 Å². The molecule has 2 heterocycles. The Morgan fingerprint density at radius 3 is 2.25 bits per heavy atom. The average Bonchev–Trinajstić information content (AvgIpc) is 3.01. The Labute approximate surface area is 146 Å². The minimum absolute atomic E-state index is 0.0451. The van der Waals surface area contributed by atoms with Gasteiger partial charge in [0.1, 0.15) is 0 Å². The molecule has 2 aliphatic heterocycles. The zero-order chi connectivity index (χ0) is 17.6. The summed E-state index contributed by atoms with van der Waals surface area (Å²) in [5, 5.41) is 3.15. The van der Waals surface area contributed by atoms with Crippen molar-refractivity contribution >= 4 is 6.03 Å². The van der Waals surface area contributed by atoms with Crippen LogP contribution in [-0.2, 0) is 9.47 Å². The zero-order valence-electron chi connectivity index (χ0n) is 15.8. The largest absolute Gasteiger partial charge is 0.347 e. The second kappa shape index (κ2) is 9.02. The van der Waals surface area contributed by atoms with E-state index in [2.05, 4.69) is 37.9 Å². The first-order chi connectivity index (χ1) is 11.5. The van der Waals surface area contributed by atoms with E-state index in [0.29, 0.717) is 44.8 Å². The number of rotatable bonds is 7. The summed E-state index contributed by atoms with van der Waals surface area (Å²) in [5.41, 5.74) is 0. The molecular weight excluding hydrogens is 306 g/mol. The van der Waals surface area contributed by atoms with E-state index in [1.165, 1.54) is 0 Å². The van der Waals surface area contributed by atoms with Crippen molar-refractivity contribution in [3.63, 3.8) is 0 Å². The number of piperidine rings is 1. The Morgan fingerprint density at radius 2 is 1.75 bits per heavy atom. The molecule has 2 fully saturated rings. The number of likely N-dealkylation sites (tertiary alicyclic amines) is 1. The van der Waals surface area contributed by atoms with E-state index in [1.807, 2.05) is 4.90 Å². The van der Waals surface area contributed by atoms with Crippen LogP contribution in [0.2, 0.25) is 0 Å². The lowest BCUT2D eigenvalue weighted by Crippen LogP contribution is -2.52. The lowest BCUT2D eigenvalue weighted by Gasteiger charge is -2.38. The van der Waals surface area contributed by atoms with Crippen LogP contribution in [0.4, 0.5) is 4.79 Å². The fourth-order valence-electron chi connectivity index (χ4n) is 3.80. The van der Waals surface area contributed by atoms with Crippen molar-refractivity contribution in [3.05, 3.63) is 0 Å². The SMILES string of the molecule is CCN(CC)[C@@H](CNC(=O)N1CCC2(CC1)OCCO2)CC(C)C. The summed E-state index contributed by atoms with van der Waals surface area (Å²) in [4.78, 5) is 16.8. The Morgan fingerprint density at radius 1 is 1.17 bits per heavy atom. The van der Waals surface area contributed by atoms with E-state index in [0.717, 1.165) is 32.4 Å². The van der Waals surface area contributed by atoms with Gasteiger partial charge in [0.2, 0.25) is 0 Å². The van der Waals surface area contributed by atoms with Gasteiger partial charge in [-0.15, -0.1) is 0 Å². The summed E-state index contributed by atoms with van der Waals surface area (Å²) in [7, 11) is 0. The lowest BCUT2D eigenvalue weighted by atomic mass is 10.0. The Kier molecular flexibility index (Phi) is 7.32. The smallest absolute Gasteiger partial charge is 0.317 e. The van der Waals surface area contributed by atoms with Gasteiger partial charge < -0.3 is 19.7 Å². The molecule has 0 aromatic carbocycles. The first kappa shape index (κ1) is 19.5. The van der Waals surface area contributed by atoms with Gasteiger partial charge in [-0.2, -0.15) is 0 Å². The van der Waals surface area contributed by atoms with Crippen LogP contribution >= 0.6 is 0 Å². The van der Waals surface area contributed by atoms with E-state index in [4.69, 9.17) is 9.47 Å². The molecule has 24 heavy (non-hydrogen) atoms. The Hall–Kier alpha value is -0.850. The van der Waals surface area contributed by atoms with Crippen LogP contribution in [0, 0.1) is 5.92 Å². The van der Waals surface area contributed by atoms with Crippen LogP contribution in [0.25, 0.3) is 0 Å². The molecule has 0 aromatic heterocycles. The maximum Gasteiger partial charge on any atom is 0.317 e. The van der Waals surface area contributed by atoms with Crippen LogP contribution in [0.1, 0.15) is 47.0 Å².